The summed E-state index contributed by atoms with van der Waals surface area (Å²) in [5.74, 6) is 0. The first-order valence-corrected chi connectivity index (χ1v) is 4.72. The summed E-state index contributed by atoms with van der Waals surface area (Å²) in [6.45, 7) is 5.14. The van der Waals surface area contributed by atoms with Crippen molar-refractivity contribution in [3.05, 3.63) is 34.9 Å². The molecule has 1 N–H and O–H groups in total. The molecule has 0 fully saturated rings. The predicted octanol–water partition coefficient (Wildman–Crippen LogP) is 3.53. The molecule has 15 heavy (non-hydrogen) atoms. The molecule has 0 spiro atoms. The molecule has 86 valence electrons. The maximum absolute atomic E-state index is 12.2. The van der Waals surface area contributed by atoms with Gasteiger partial charge in [0.05, 0.1) is 12.2 Å². The van der Waals surface area contributed by atoms with E-state index >= 15 is 0 Å². The van der Waals surface area contributed by atoms with E-state index in [9.17, 15) is 13.2 Å². The second-order valence-electron chi connectivity index (χ2n) is 2.81. The van der Waals surface area contributed by atoms with Crippen LogP contribution in [0, 0.1) is 6.92 Å². The SMILES string of the molecule is CC.Cc1cc(CO)ccc1C(F)(F)F. The minimum Gasteiger partial charge on any atom is -0.392 e. The van der Waals surface area contributed by atoms with Crippen LogP contribution in [0.15, 0.2) is 18.2 Å². The third-order valence-electron chi connectivity index (χ3n) is 1.78. The van der Waals surface area contributed by atoms with Gasteiger partial charge in [0.1, 0.15) is 0 Å². The van der Waals surface area contributed by atoms with Crippen LogP contribution >= 0.6 is 0 Å². The lowest BCUT2D eigenvalue weighted by Crippen LogP contribution is -2.07. The van der Waals surface area contributed by atoms with E-state index in [0.29, 0.717) is 5.56 Å². The molecule has 0 atom stereocenters. The Hall–Kier alpha value is -1.03. The molecule has 0 amide bonds. The van der Waals surface area contributed by atoms with Crippen molar-refractivity contribution >= 4 is 0 Å². The zero-order valence-corrected chi connectivity index (χ0v) is 9.02. The largest absolute Gasteiger partial charge is 0.416 e. The Balaban J connectivity index is 0.000000921. The first kappa shape index (κ1) is 14.0. The number of halogens is 3. The van der Waals surface area contributed by atoms with Gasteiger partial charge in [-0.2, -0.15) is 13.2 Å². The van der Waals surface area contributed by atoms with Gasteiger partial charge in [0.15, 0.2) is 0 Å². The van der Waals surface area contributed by atoms with Crippen LogP contribution in [0.2, 0.25) is 0 Å². The van der Waals surface area contributed by atoms with Crippen LogP contribution in [0.5, 0.6) is 0 Å². The number of aliphatic hydroxyl groups excluding tert-OH is 1. The summed E-state index contributed by atoms with van der Waals surface area (Å²) in [4.78, 5) is 0. The summed E-state index contributed by atoms with van der Waals surface area (Å²) in [5.41, 5.74) is -0.0192. The van der Waals surface area contributed by atoms with E-state index in [2.05, 4.69) is 0 Å². The van der Waals surface area contributed by atoms with Crippen LogP contribution in [0.4, 0.5) is 13.2 Å². The Morgan fingerprint density at radius 1 is 1.20 bits per heavy atom. The van der Waals surface area contributed by atoms with Crippen molar-refractivity contribution in [3.63, 3.8) is 0 Å². The molecule has 1 rings (SSSR count). The Morgan fingerprint density at radius 2 is 1.73 bits per heavy atom. The monoisotopic (exact) mass is 220 g/mol. The topological polar surface area (TPSA) is 20.2 Å². The van der Waals surface area contributed by atoms with E-state index < -0.39 is 11.7 Å². The fourth-order valence-corrected chi connectivity index (χ4v) is 1.14. The van der Waals surface area contributed by atoms with Crippen molar-refractivity contribution in [3.8, 4) is 0 Å². The minimum absolute atomic E-state index is 0.138. The van der Waals surface area contributed by atoms with Crippen molar-refractivity contribution in [1.82, 2.24) is 0 Å². The van der Waals surface area contributed by atoms with E-state index in [0.717, 1.165) is 6.07 Å². The molecule has 1 nitrogen and oxygen atoms in total. The Kier molecular flexibility index (Phi) is 5.36. The average molecular weight is 220 g/mol. The molecule has 1 aromatic rings. The number of aliphatic hydroxyl groups is 1. The standard InChI is InChI=1S/C9H9F3O.C2H6/c1-6-4-7(5-13)2-3-8(6)9(10,11)12;1-2/h2-4,13H,5H2,1H3;1-2H3. The average Bonchev–Trinajstić information content (AvgIpc) is 2.18. The molecule has 0 aliphatic heterocycles. The molecule has 0 heterocycles. The number of aryl methyl sites for hydroxylation is 1. The highest BCUT2D eigenvalue weighted by Crippen LogP contribution is 2.31. The van der Waals surface area contributed by atoms with Crippen molar-refractivity contribution in [1.29, 1.82) is 0 Å². The van der Waals surface area contributed by atoms with Crippen LogP contribution < -0.4 is 0 Å². The highest BCUT2D eigenvalue weighted by Gasteiger charge is 2.31. The van der Waals surface area contributed by atoms with Crippen LogP contribution in [0.25, 0.3) is 0 Å². The van der Waals surface area contributed by atoms with E-state index in [-0.39, 0.29) is 12.2 Å². The van der Waals surface area contributed by atoms with Crippen LogP contribution in [0.3, 0.4) is 0 Å². The molecule has 0 bridgehead atoms. The minimum atomic E-state index is -4.31. The second kappa shape index (κ2) is 5.75. The number of hydrogen-bond donors (Lipinski definition) is 1. The molecule has 0 radical (unpaired) electrons. The first-order chi connectivity index (χ1) is 6.95. The van der Waals surface area contributed by atoms with Gasteiger partial charge in [-0.05, 0) is 24.1 Å². The number of benzene rings is 1. The second-order valence-corrected chi connectivity index (χ2v) is 2.81. The van der Waals surface area contributed by atoms with Gasteiger partial charge in [0, 0.05) is 0 Å². The van der Waals surface area contributed by atoms with Gasteiger partial charge >= 0.3 is 6.18 Å². The fourth-order valence-electron chi connectivity index (χ4n) is 1.14. The normalized spacial score (nSPS) is 10.6. The van der Waals surface area contributed by atoms with Gasteiger partial charge in [-0.3, -0.25) is 0 Å². The summed E-state index contributed by atoms with van der Waals surface area (Å²) < 4.78 is 36.7. The van der Waals surface area contributed by atoms with Crippen LogP contribution in [0.1, 0.15) is 30.5 Å². The van der Waals surface area contributed by atoms with Gasteiger partial charge in [-0.25, -0.2) is 0 Å². The van der Waals surface area contributed by atoms with Crippen molar-refractivity contribution in [2.75, 3.05) is 0 Å². The predicted molar refractivity (Wildman–Crippen MR) is 53.5 cm³/mol. The van der Waals surface area contributed by atoms with Crippen LogP contribution in [-0.2, 0) is 12.8 Å². The van der Waals surface area contributed by atoms with E-state index in [4.69, 9.17) is 5.11 Å². The zero-order chi connectivity index (χ0) is 12.1. The summed E-state index contributed by atoms with van der Waals surface area (Å²) in [6.07, 6.45) is -4.31. The van der Waals surface area contributed by atoms with Crippen molar-refractivity contribution in [2.24, 2.45) is 0 Å². The quantitative estimate of drug-likeness (QED) is 0.767. The lowest BCUT2D eigenvalue weighted by molar-refractivity contribution is -0.138. The lowest BCUT2D eigenvalue weighted by atomic mass is 10.1. The molecular formula is C11H15F3O. The Labute approximate surface area is 87.6 Å². The van der Waals surface area contributed by atoms with E-state index in [1.807, 2.05) is 13.8 Å². The zero-order valence-electron chi connectivity index (χ0n) is 9.02. The first-order valence-electron chi connectivity index (χ1n) is 4.72. The van der Waals surface area contributed by atoms with Gasteiger partial charge in [-0.1, -0.05) is 26.0 Å². The maximum atomic E-state index is 12.2. The summed E-state index contributed by atoms with van der Waals surface area (Å²) >= 11 is 0. The molecular weight excluding hydrogens is 205 g/mol. The number of hydrogen-bond acceptors (Lipinski definition) is 1. The highest BCUT2D eigenvalue weighted by atomic mass is 19.4. The van der Waals surface area contributed by atoms with Crippen molar-refractivity contribution in [2.45, 2.75) is 33.6 Å². The van der Waals surface area contributed by atoms with Crippen LogP contribution in [-0.4, -0.2) is 5.11 Å². The van der Waals surface area contributed by atoms with Crippen molar-refractivity contribution < 1.29 is 18.3 Å². The third kappa shape index (κ3) is 3.91. The third-order valence-corrected chi connectivity index (χ3v) is 1.78. The number of alkyl halides is 3. The summed E-state index contributed by atoms with van der Waals surface area (Å²) in [5, 5.41) is 8.67. The van der Waals surface area contributed by atoms with Gasteiger partial charge < -0.3 is 5.11 Å². The molecule has 4 heteroatoms. The Bertz CT molecular complexity index is 305. The maximum Gasteiger partial charge on any atom is 0.416 e. The molecule has 0 aliphatic rings. The molecule has 0 saturated carbocycles. The smallest absolute Gasteiger partial charge is 0.392 e. The molecule has 0 aliphatic carbocycles. The fraction of sp³-hybridized carbons (Fsp3) is 0.455. The van der Waals surface area contributed by atoms with Gasteiger partial charge in [0.25, 0.3) is 0 Å². The molecule has 1 aromatic carbocycles. The highest BCUT2D eigenvalue weighted by molar-refractivity contribution is 5.32. The van der Waals surface area contributed by atoms with E-state index in [1.54, 1.807) is 0 Å². The number of rotatable bonds is 1. The lowest BCUT2D eigenvalue weighted by Gasteiger charge is -2.10. The summed E-state index contributed by atoms with van der Waals surface area (Å²) in [7, 11) is 0. The summed E-state index contributed by atoms with van der Waals surface area (Å²) in [6, 6.07) is 3.60. The molecule has 0 aromatic heterocycles. The Morgan fingerprint density at radius 3 is 2.07 bits per heavy atom. The molecule has 0 saturated heterocycles. The van der Waals surface area contributed by atoms with Gasteiger partial charge in [-0.15, -0.1) is 0 Å². The molecule has 0 unspecified atom stereocenters. The van der Waals surface area contributed by atoms with Gasteiger partial charge in [0.2, 0.25) is 0 Å². The van der Waals surface area contributed by atoms with E-state index in [1.165, 1.54) is 19.1 Å².